The van der Waals surface area contributed by atoms with Crippen molar-refractivity contribution < 1.29 is 9.53 Å². The van der Waals surface area contributed by atoms with E-state index in [2.05, 4.69) is 19.2 Å². The molecule has 3 unspecified atom stereocenters. The smallest absolute Gasteiger partial charge is 0.241 e. The highest BCUT2D eigenvalue weighted by molar-refractivity contribution is 5.84. The van der Waals surface area contributed by atoms with Gasteiger partial charge in [0.05, 0.1) is 13.2 Å². The van der Waals surface area contributed by atoms with Gasteiger partial charge in [0, 0.05) is 11.6 Å². The Balaban J connectivity index is 2.35. The second-order valence-electron chi connectivity index (χ2n) is 5.42. The average molecular weight is 276 g/mol. The zero-order valence-corrected chi connectivity index (χ0v) is 12.7. The van der Waals surface area contributed by atoms with Crippen LogP contribution in [-0.4, -0.2) is 30.0 Å². The summed E-state index contributed by atoms with van der Waals surface area (Å²) in [5, 5.41) is 3.38. The van der Waals surface area contributed by atoms with Gasteiger partial charge in [-0.25, -0.2) is 0 Å². The van der Waals surface area contributed by atoms with E-state index in [-0.39, 0.29) is 24.2 Å². The van der Waals surface area contributed by atoms with Crippen LogP contribution in [0.15, 0.2) is 24.3 Å². The van der Waals surface area contributed by atoms with Crippen LogP contribution < -0.4 is 10.1 Å². The fourth-order valence-electron chi connectivity index (χ4n) is 2.90. The van der Waals surface area contributed by atoms with Crippen molar-refractivity contribution in [3.8, 4) is 5.75 Å². The molecule has 1 aromatic carbocycles. The summed E-state index contributed by atoms with van der Waals surface area (Å²) in [6.45, 7) is 6.18. The van der Waals surface area contributed by atoms with Crippen LogP contribution in [0.1, 0.15) is 45.3 Å². The number of ether oxygens (including phenoxy) is 1. The molecule has 0 spiro atoms. The third-order valence-electron chi connectivity index (χ3n) is 3.93. The Kier molecular flexibility index (Phi) is 4.65. The van der Waals surface area contributed by atoms with Crippen LogP contribution in [0.2, 0.25) is 0 Å². The molecular weight excluding hydrogens is 252 g/mol. The molecule has 0 saturated carbocycles. The predicted molar refractivity (Wildman–Crippen MR) is 79.5 cm³/mol. The summed E-state index contributed by atoms with van der Waals surface area (Å²) in [7, 11) is 1.67. The molecule has 0 radical (unpaired) electrons. The standard InChI is InChI=1S/C16H24N2O2/c1-5-8-11(2)18-15(17-12(3)16(18)19)13-9-6-7-10-14(13)20-4/h6-7,9-12,15,17H,5,8H2,1-4H3. The highest BCUT2D eigenvalue weighted by Gasteiger charge is 2.40. The molecule has 110 valence electrons. The highest BCUT2D eigenvalue weighted by Crippen LogP contribution is 2.33. The second-order valence-corrected chi connectivity index (χ2v) is 5.42. The van der Waals surface area contributed by atoms with Crippen molar-refractivity contribution in [2.24, 2.45) is 0 Å². The number of nitrogens with one attached hydrogen (secondary N) is 1. The number of hydrogen-bond donors (Lipinski definition) is 1. The minimum Gasteiger partial charge on any atom is -0.496 e. The summed E-state index contributed by atoms with van der Waals surface area (Å²) in [5.74, 6) is 0.988. The Labute approximate surface area is 121 Å². The molecule has 0 aliphatic carbocycles. The Morgan fingerprint density at radius 1 is 1.40 bits per heavy atom. The van der Waals surface area contributed by atoms with Crippen molar-refractivity contribution in [2.75, 3.05) is 7.11 Å². The van der Waals surface area contributed by atoms with Crippen molar-refractivity contribution in [1.29, 1.82) is 0 Å². The van der Waals surface area contributed by atoms with E-state index in [1.807, 2.05) is 36.1 Å². The third kappa shape index (κ3) is 2.66. The molecule has 1 fully saturated rings. The number of benzene rings is 1. The molecule has 1 saturated heterocycles. The number of rotatable bonds is 5. The Bertz CT molecular complexity index is 475. The zero-order valence-electron chi connectivity index (χ0n) is 12.7. The van der Waals surface area contributed by atoms with Crippen molar-refractivity contribution in [2.45, 2.75) is 51.9 Å². The summed E-state index contributed by atoms with van der Waals surface area (Å²) >= 11 is 0. The van der Waals surface area contributed by atoms with Gasteiger partial charge in [-0.15, -0.1) is 0 Å². The van der Waals surface area contributed by atoms with Crippen LogP contribution >= 0.6 is 0 Å². The van der Waals surface area contributed by atoms with Crippen LogP contribution in [0.3, 0.4) is 0 Å². The van der Waals surface area contributed by atoms with E-state index in [0.29, 0.717) is 0 Å². The number of methoxy groups -OCH3 is 1. The topological polar surface area (TPSA) is 41.6 Å². The number of carbonyl (C=O) groups is 1. The molecule has 1 aliphatic heterocycles. The number of carbonyl (C=O) groups excluding carboxylic acids is 1. The minimum absolute atomic E-state index is 0.102. The molecule has 3 atom stereocenters. The second kappa shape index (κ2) is 6.27. The van der Waals surface area contributed by atoms with Gasteiger partial charge in [-0.3, -0.25) is 10.1 Å². The summed E-state index contributed by atoms with van der Waals surface area (Å²) < 4.78 is 5.44. The Morgan fingerprint density at radius 3 is 2.75 bits per heavy atom. The first-order chi connectivity index (χ1) is 9.60. The molecule has 1 aromatic rings. The van der Waals surface area contributed by atoms with E-state index in [9.17, 15) is 4.79 Å². The first-order valence-electron chi connectivity index (χ1n) is 7.31. The van der Waals surface area contributed by atoms with Crippen LogP contribution in [-0.2, 0) is 4.79 Å². The lowest BCUT2D eigenvalue weighted by Crippen LogP contribution is -2.38. The molecule has 4 heteroatoms. The molecule has 1 N–H and O–H groups in total. The highest BCUT2D eigenvalue weighted by atomic mass is 16.5. The van der Waals surface area contributed by atoms with Crippen LogP contribution in [0, 0.1) is 0 Å². The van der Waals surface area contributed by atoms with Gasteiger partial charge in [-0.2, -0.15) is 0 Å². The van der Waals surface area contributed by atoms with Gasteiger partial charge in [0.2, 0.25) is 5.91 Å². The lowest BCUT2D eigenvalue weighted by Gasteiger charge is -2.31. The molecule has 20 heavy (non-hydrogen) atoms. The monoisotopic (exact) mass is 276 g/mol. The summed E-state index contributed by atoms with van der Waals surface area (Å²) in [6, 6.07) is 7.96. The van der Waals surface area contributed by atoms with Crippen LogP contribution in [0.5, 0.6) is 5.75 Å². The normalized spacial score (nSPS) is 24.0. The summed E-state index contributed by atoms with van der Waals surface area (Å²) in [4.78, 5) is 14.4. The maximum atomic E-state index is 12.4. The number of hydrogen-bond acceptors (Lipinski definition) is 3. The fourth-order valence-corrected chi connectivity index (χ4v) is 2.90. The quantitative estimate of drug-likeness (QED) is 0.899. The van der Waals surface area contributed by atoms with Gasteiger partial charge < -0.3 is 9.64 Å². The molecule has 1 amide bonds. The van der Waals surface area contributed by atoms with Crippen molar-refractivity contribution in [3.63, 3.8) is 0 Å². The van der Waals surface area contributed by atoms with Crippen LogP contribution in [0.25, 0.3) is 0 Å². The van der Waals surface area contributed by atoms with Gasteiger partial charge in [0.25, 0.3) is 0 Å². The van der Waals surface area contributed by atoms with Crippen molar-refractivity contribution >= 4 is 5.91 Å². The third-order valence-corrected chi connectivity index (χ3v) is 3.93. The fraction of sp³-hybridized carbons (Fsp3) is 0.562. The van der Waals surface area contributed by atoms with Gasteiger partial charge in [0.1, 0.15) is 11.9 Å². The zero-order chi connectivity index (χ0) is 14.7. The number of para-hydroxylation sites is 1. The van der Waals surface area contributed by atoms with E-state index >= 15 is 0 Å². The molecule has 4 nitrogen and oxygen atoms in total. The van der Waals surface area contributed by atoms with E-state index < -0.39 is 0 Å². The van der Waals surface area contributed by atoms with Crippen molar-refractivity contribution in [1.82, 2.24) is 10.2 Å². The Morgan fingerprint density at radius 2 is 2.10 bits per heavy atom. The number of amides is 1. The SMILES string of the molecule is CCCC(C)N1C(=O)C(C)NC1c1ccccc1OC. The van der Waals surface area contributed by atoms with Crippen LogP contribution in [0.4, 0.5) is 0 Å². The van der Waals surface area contributed by atoms with Gasteiger partial charge in [0.15, 0.2) is 0 Å². The lowest BCUT2D eigenvalue weighted by molar-refractivity contribution is -0.131. The molecule has 1 aliphatic rings. The van der Waals surface area contributed by atoms with E-state index in [4.69, 9.17) is 4.74 Å². The first-order valence-corrected chi connectivity index (χ1v) is 7.31. The molecule has 0 aromatic heterocycles. The van der Waals surface area contributed by atoms with Gasteiger partial charge in [-0.1, -0.05) is 31.5 Å². The molecule has 0 bridgehead atoms. The molecule has 2 rings (SSSR count). The molecule has 1 heterocycles. The van der Waals surface area contributed by atoms with Gasteiger partial charge in [-0.05, 0) is 26.3 Å². The first kappa shape index (κ1) is 14.9. The summed E-state index contributed by atoms with van der Waals surface area (Å²) in [6.07, 6.45) is 1.97. The maximum Gasteiger partial charge on any atom is 0.241 e. The largest absolute Gasteiger partial charge is 0.496 e. The molecular formula is C16H24N2O2. The lowest BCUT2D eigenvalue weighted by atomic mass is 10.1. The van der Waals surface area contributed by atoms with Gasteiger partial charge >= 0.3 is 0 Å². The van der Waals surface area contributed by atoms with E-state index in [1.165, 1.54) is 0 Å². The Hall–Kier alpha value is -1.55. The maximum absolute atomic E-state index is 12.4. The summed E-state index contributed by atoms with van der Waals surface area (Å²) in [5.41, 5.74) is 1.02. The average Bonchev–Trinajstić information content (AvgIpc) is 2.75. The minimum atomic E-state index is -0.149. The number of nitrogens with zero attached hydrogens (tertiary/aromatic N) is 1. The van der Waals surface area contributed by atoms with E-state index in [1.54, 1.807) is 7.11 Å². The van der Waals surface area contributed by atoms with Crippen molar-refractivity contribution in [3.05, 3.63) is 29.8 Å². The predicted octanol–water partition coefficient (Wildman–Crippen LogP) is 2.70. The van der Waals surface area contributed by atoms with E-state index in [0.717, 1.165) is 24.2 Å².